The molecule has 0 aromatic heterocycles. The van der Waals surface area contributed by atoms with E-state index < -0.39 is 5.92 Å². The molecular weight excluding hydrogens is 534 g/mol. The van der Waals surface area contributed by atoms with E-state index >= 15 is 0 Å². The summed E-state index contributed by atoms with van der Waals surface area (Å²) in [5, 5.41) is 0.408. The smallest absolute Gasteiger partial charge is 0.180 e. The van der Waals surface area contributed by atoms with Crippen LogP contribution in [0.1, 0.15) is 88.5 Å². The molecule has 2 aromatic rings. The molecule has 5 nitrogen and oxygen atoms in total. The summed E-state index contributed by atoms with van der Waals surface area (Å²) in [6.45, 7) is 15.4. The number of Topliss-reactive ketones (excluding diaryl/α,β-unsaturated/α-hetero) is 2. The fourth-order valence-corrected chi connectivity index (χ4v) is 6.98. The van der Waals surface area contributed by atoms with Gasteiger partial charge >= 0.3 is 0 Å². The molecule has 1 heterocycles. The maximum Gasteiger partial charge on any atom is 0.180 e. The van der Waals surface area contributed by atoms with Crippen molar-refractivity contribution in [2.45, 2.75) is 86.7 Å². The van der Waals surface area contributed by atoms with Crippen molar-refractivity contribution in [1.29, 1.82) is 0 Å². The van der Waals surface area contributed by atoms with Gasteiger partial charge in [-0.05, 0) is 78.8 Å². The molecule has 0 amide bonds. The molecule has 0 radical (unpaired) electrons. The number of hydrogen-bond donors (Lipinski definition) is 0. The number of ether oxygens (including phenoxy) is 2. The van der Waals surface area contributed by atoms with Crippen molar-refractivity contribution in [1.82, 2.24) is 4.90 Å². The lowest BCUT2D eigenvalue weighted by molar-refractivity contribution is -0.119. The van der Waals surface area contributed by atoms with E-state index in [9.17, 15) is 9.59 Å². The summed E-state index contributed by atoms with van der Waals surface area (Å²) >= 11 is 6.94. The maximum atomic E-state index is 13.8. The molecule has 5 rings (SSSR count). The van der Waals surface area contributed by atoms with Gasteiger partial charge in [-0.1, -0.05) is 57.5 Å². The first-order chi connectivity index (χ1) is 19.2. The van der Waals surface area contributed by atoms with E-state index in [1.54, 1.807) is 0 Å². The number of halogens is 1. The van der Waals surface area contributed by atoms with Crippen LogP contribution in [0.3, 0.4) is 0 Å². The van der Waals surface area contributed by atoms with Gasteiger partial charge in [0.2, 0.25) is 0 Å². The van der Waals surface area contributed by atoms with Gasteiger partial charge in [0.1, 0.15) is 6.61 Å². The van der Waals surface area contributed by atoms with Crippen molar-refractivity contribution in [3.63, 3.8) is 0 Å². The molecule has 2 aromatic carbocycles. The molecule has 0 atom stereocenters. The van der Waals surface area contributed by atoms with E-state index in [2.05, 4.69) is 64.6 Å². The second-order valence-electron chi connectivity index (χ2n) is 13.6. The normalized spacial score (nSPS) is 20.3. The molecule has 41 heavy (non-hydrogen) atoms. The quantitative estimate of drug-likeness (QED) is 0.347. The summed E-state index contributed by atoms with van der Waals surface area (Å²) < 4.78 is 12.3. The molecule has 3 aliphatic rings. The van der Waals surface area contributed by atoms with Crippen LogP contribution < -0.4 is 9.47 Å². The molecule has 6 heteroatoms. The first-order valence-corrected chi connectivity index (χ1v) is 15.0. The standard InChI is InChI=1S/C35H42ClNO4/c1-9-40-29-14-23(13-24(36)33(29)41-19-22-11-10-20(2)21(3)12-22)30-31-25(15-34(4,5)17-27(31)38)37(8)26-16-35(6,7)18-28(39)32(26)30/h10-14,30H,9,15-19H2,1-8H3. The predicted molar refractivity (Wildman–Crippen MR) is 163 cm³/mol. The van der Waals surface area contributed by atoms with Crippen LogP contribution in [0.5, 0.6) is 11.5 Å². The molecule has 2 aliphatic carbocycles. The van der Waals surface area contributed by atoms with Gasteiger partial charge < -0.3 is 14.4 Å². The van der Waals surface area contributed by atoms with Gasteiger partial charge in [0, 0.05) is 48.3 Å². The predicted octanol–water partition coefficient (Wildman–Crippen LogP) is 8.25. The third kappa shape index (κ3) is 5.58. The lowest BCUT2D eigenvalue weighted by Crippen LogP contribution is -2.43. The largest absolute Gasteiger partial charge is 0.490 e. The van der Waals surface area contributed by atoms with E-state index in [-0.39, 0.29) is 22.4 Å². The monoisotopic (exact) mass is 575 g/mol. The Morgan fingerprint density at radius 3 is 1.98 bits per heavy atom. The summed E-state index contributed by atoms with van der Waals surface area (Å²) in [6.07, 6.45) is 2.44. The second-order valence-corrected chi connectivity index (χ2v) is 14.0. The number of aryl methyl sites for hydroxylation is 2. The third-order valence-electron chi connectivity index (χ3n) is 8.80. The number of allylic oxidation sites excluding steroid dienone is 4. The molecule has 218 valence electrons. The van der Waals surface area contributed by atoms with Crippen molar-refractivity contribution >= 4 is 23.2 Å². The molecule has 0 saturated heterocycles. The Balaban J connectivity index is 1.63. The SMILES string of the molecule is CCOc1cc(C2C3=C(CC(C)(C)CC3=O)N(C)C3=C2C(=O)CC(C)(C)C3)cc(Cl)c1OCc1ccc(C)c(C)c1. The van der Waals surface area contributed by atoms with Crippen molar-refractivity contribution in [3.8, 4) is 11.5 Å². The Labute approximate surface area is 249 Å². The molecule has 0 unspecified atom stereocenters. The van der Waals surface area contributed by atoms with E-state index in [1.165, 1.54) is 11.1 Å². The van der Waals surface area contributed by atoms with Gasteiger partial charge in [-0.15, -0.1) is 0 Å². The first kappa shape index (κ1) is 29.4. The lowest BCUT2D eigenvalue weighted by atomic mass is 9.63. The van der Waals surface area contributed by atoms with Crippen LogP contribution in [0.4, 0.5) is 0 Å². The van der Waals surface area contributed by atoms with Crippen molar-refractivity contribution in [2.24, 2.45) is 10.8 Å². The van der Waals surface area contributed by atoms with Crippen molar-refractivity contribution in [2.75, 3.05) is 13.7 Å². The zero-order valence-corrected chi connectivity index (χ0v) is 26.4. The van der Waals surface area contributed by atoms with E-state index in [4.69, 9.17) is 21.1 Å². The number of nitrogens with zero attached hydrogens (tertiary/aromatic N) is 1. The summed E-state index contributed by atoms with van der Waals surface area (Å²) in [5.41, 5.74) is 7.45. The Bertz CT molecular complexity index is 1440. The summed E-state index contributed by atoms with van der Waals surface area (Å²) in [4.78, 5) is 29.8. The van der Waals surface area contributed by atoms with Crippen LogP contribution >= 0.6 is 11.6 Å². The van der Waals surface area contributed by atoms with Gasteiger partial charge in [-0.2, -0.15) is 0 Å². The summed E-state index contributed by atoms with van der Waals surface area (Å²) in [7, 11) is 2.02. The summed E-state index contributed by atoms with van der Waals surface area (Å²) in [6, 6.07) is 10.0. The van der Waals surface area contributed by atoms with E-state index in [0.29, 0.717) is 42.6 Å². The molecule has 0 saturated carbocycles. The van der Waals surface area contributed by atoms with Crippen molar-refractivity contribution < 1.29 is 19.1 Å². The lowest BCUT2D eigenvalue weighted by Gasteiger charge is -2.48. The Morgan fingerprint density at radius 1 is 0.854 bits per heavy atom. The molecular formula is C35H42ClNO4. The average molecular weight is 576 g/mol. The van der Waals surface area contributed by atoms with Crippen LogP contribution in [0.15, 0.2) is 52.9 Å². The Hall–Kier alpha value is -3.05. The van der Waals surface area contributed by atoms with Gasteiger partial charge in [0.05, 0.1) is 11.6 Å². The number of carbonyl (C=O) groups is 2. The van der Waals surface area contributed by atoms with Crippen LogP contribution in [-0.4, -0.2) is 30.1 Å². The Kier molecular flexibility index (Phi) is 7.65. The number of benzene rings is 2. The average Bonchev–Trinajstić information content (AvgIpc) is 2.85. The van der Waals surface area contributed by atoms with E-state index in [1.807, 2.05) is 26.1 Å². The minimum atomic E-state index is -0.478. The van der Waals surface area contributed by atoms with Crippen LogP contribution in [0.2, 0.25) is 5.02 Å². The van der Waals surface area contributed by atoms with Gasteiger partial charge in [-0.3, -0.25) is 9.59 Å². The minimum absolute atomic E-state index is 0.0985. The highest BCUT2D eigenvalue weighted by Crippen LogP contribution is 2.55. The molecule has 0 fully saturated rings. The van der Waals surface area contributed by atoms with Crippen molar-refractivity contribution in [3.05, 3.63) is 80.1 Å². The van der Waals surface area contributed by atoms with E-state index in [0.717, 1.165) is 46.5 Å². The third-order valence-corrected chi connectivity index (χ3v) is 9.08. The van der Waals surface area contributed by atoms with Gasteiger partial charge in [0.25, 0.3) is 0 Å². The fourth-order valence-electron chi connectivity index (χ4n) is 6.70. The first-order valence-electron chi connectivity index (χ1n) is 14.6. The Morgan fingerprint density at radius 2 is 1.44 bits per heavy atom. The molecule has 0 N–H and O–H groups in total. The minimum Gasteiger partial charge on any atom is -0.490 e. The second kappa shape index (κ2) is 10.7. The number of ketones is 2. The highest BCUT2D eigenvalue weighted by Gasteiger charge is 2.48. The zero-order valence-electron chi connectivity index (χ0n) is 25.7. The number of hydrogen-bond acceptors (Lipinski definition) is 5. The number of rotatable bonds is 6. The summed E-state index contributed by atoms with van der Waals surface area (Å²) in [5.74, 6) is 0.713. The molecule has 1 aliphatic heterocycles. The number of carbonyl (C=O) groups excluding carboxylic acids is 2. The maximum absolute atomic E-state index is 13.8. The topological polar surface area (TPSA) is 55.8 Å². The zero-order chi connectivity index (χ0) is 29.9. The van der Waals surface area contributed by atoms with Crippen LogP contribution in [-0.2, 0) is 16.2 Å². The highest BCUT2D eigenvalue weighted by atomic mass is 35.5. The van der Waals surface area contributed by atoms with Gasteiger partial charge in [-0.25, -0.2) is 0 Å². The molecule has 0 spiro atoms. The van der Waals surface area contributed by atoms with Gasteiger partial charge in [0.15, 0.2) is 23.1 Å². The fraction of sp³-hybridized carbons (Fsp3) is 0.486. The van der Waals surface area contributed by atoms with Crippen LogP contribution in [0.25, 0.3) is 0 Å². The van der Waals surface area contributed by atoms with Crippen LogP contribution in [0, 0.1) is 24.7 Å². The molecule has 0 bridgehead atoms. The highest BCUT2D eigenvalue weighted by molar-refractivity contribution is 6.32.